The van der Waals surface area contributed by atoms with Crippen LogP contribution in [0.15, 0.2) is 18.2 Å². The van der Waals surface area contributed by atoms with Crippen LogP contribution in [0.5, 0.6) is 11.5 Å². The second-order valence-corrected chi connectivity index (χ2v) is 6.66. The zero-order chi connectivity index (χ0) is 20.8. The van der Waals surface area contributed by atoms with Gasteiger partial charge in [-0.15, -0.1) is 0 Å². The van der Waals surface area contributed by atoms with E-state index in [1.165, 1.54) is 6.92 Å². The number of amides is 1. The minimum absolute atomic E-state index is 0.0365. The average Bonchev–Trinajstić information content (AvgIpc) is 3.00. The Morgan fingerprint density at radius 2 is 1.75 bits per heavy atom. The van der Waals surface area contributed by atoms with Crippen LogP contribution in [0.2, 0.25) is 0 Å². The van der Waals surface area contributed by atoms with E-state index in [1.54, 1.807) is 0 Å². The van der Waals surface area contributed by atoms with Crippen LogP contribution >= 0.6 is 0 Å². The summed E-state index contributed by atoms with van der Waals surface area (Å²) in [4.78, 5) is 27.9. The Morgan fingerprint density at radius 1 is 1.11 bits per heavy atom. The van der Waals surface area contributed by atoms with Crippen LogP contribution in [-0.2, 0) is 6.42 Å². The van der Waals surface area contributed by atoms with Crippen molar-refractivity contribution in [3.63, 3.8) is 0 Å². The summed E-state index contributed by atoms with van der Waals surface area (Å²) in [5.74, 6) is 1.08. The molecule has 0 aliphatic heterocycles. The quantitative estimate of drug-likeness (QED) is 0.627. The topological polar surface area (TPSA) is 80.4 Å². The van der Waals surface area contributed by atoms with E-state index in [0.717, 1.165) is 16.8 Å². The van der Waals surface area contributed by atoms with Crippen molar-refractivity contribution in [1.29, 1.82) is 0 Å². The van der Waals surface area contributed by atoms with Gasteiger partial charge < -0.3 is 19.8 Å². The molecule has 1 amide bonds. The number of benzene rings is 1. The van der Waals surface area contributed by atoms with Gasteiger partial charge in [0.15, 0.2) is 17.3 Å². The zero-order valence-corrected chi connectivity index (χ0v) is 17.6. The number of rotatable bonds is 9. The second-order valence-electron chi connectivity index (χ2n) is 6.66. The highest BCUT2D eigenvalue weighted by molar-refractivity contribution is 6.02. The molecule has 152 valence electrons. The maximum Gasteiger partial charge on any atom is 0.268 e. The van der Waals surface area contributed by atoms with Crippen molar-refractivity contribution in [1.82, 2.24) is 10.3 Å². The van der Waals surface area contributed by atoms with Crippen LogP contribution < -0.4 is 14.8 Å². The van der Waals surface area contributed by atoms with Crippen molar-refractivity contribution < 1.29 is 19.1 Å². The van der Waals surface area contributed by atoms with Gasteiger partial charge in [0.25, 0.3) is 5.91 Å². The molecule has 0 bridgehead atoms. The van der Waals surface area contributed by atoms with Crippen LogP contribution in [0.25, 0.3) is 0 Å². The van der Waals surface area contributed by atoms with Gasteiger partial charge in [0.2, 0.25) is 0 Å². The van der Waals surface area contributed by atoms with Gasteiger partial charge in [0.05, 0.1) is 19.3 Å². The average molecular weight is 386 g/mol. The zero-order valence-electron chi connectivity index (χ0n) is 17.6. The fraction of sp³-hybridized carbons (Fsp3) is 0.455. The van der Waals surface area contributed by atoms with E-state index in [1.807, 2.05) is 52.8 Å². The Hall–Kier alpha value is -2.76. The molecule has 1 heterocycles. The monoisotopic (exact) mass is 386 g/mol. The van der Waals surface area contributed by atoms with Gasteiger partial charge in [-0.25, -0.2) is 0 Å². The summed E-state index contributed by atoms with van der Waals surface area (Å²) in [5.41, 5.74) is 3.46. The Balaban J connectivity index is 2.26. The van der Waals surface area contributed by atoms with E-state index >= 15 is 0 Å². The highest BCUT2D eigenvalue weighted by Crippen LogP contribution is 2.31. The molecule has 0 aliphatic carbocycles. The van der Waals surface area contributed by atoms with Crippen LogP contribution in [0.4, 0.5) is 0 Å². The Labute approximate surface area is 166 Å². The molecular weight excluding hydrogens is 356 g/mol. The van der Waals surface area contributed by atoms with Crippen LogP contribution in [0.1, 0.15) is 78.3 Å². The number of hydrogen-bond donors (Lipinski definition) is 2. The molecule has 1 atom stereocenters. The Kier molecular flexibility index (Phi) is 7.26. The van der Waals surface area contributed by atoms with E-state index in [0.29, 0.717) is 42.4 Å². The van der Waals surface area contributed by atoms with Crippen molar-refractivity contribution in [3.8, 4) is 11.5 Å². The summed E-state index contributed by atoms with van der Waals surface area (Å²) in [6.07, 6.45) is 0.605. The van der Waals surface area contributed by atoms with Crippen LogP contribution in [0.3, 0.4) is 0 Å². The van der Waals surface area contributed by atoms with Gasteiger partial charge in [-0.1, -0.05) is 13.0 Å². The van der Waals surface area contributed by atoms with E-state index in [-0.39, 0.29) is 17.7 Å². The maximum atomic E-state index is 12.9. The molecule has 28 heavy (non-hydrogen) atoms. The first-order valence-corrected chi connectivity index (χ1v) is 9.76. The maximum absolute atomic E-state index is 12.9. The predicted molar refractivity (Wildman–Crippen MR) is 110 cm³/mol. The first-order chi connectivity index (χ1) is 13.3. The van der Waals surface area contributed by atoms with Crippen molar-refractivity contribution in [2.45, 2.75) is 54.0 Å². The van der Waals surface area contributed by atoms with E-state index in [9.17, 15) is 9.59 Å². The minimum Gasteiger partial charge on any atom is -0.490 e. The molecule has 0 aliphatic rings. The van der Waals surface area contributed by atoms with Crippen LogP contribution in [0, 0.1) is 6.92 Å². The fourth-order valence-electron chi connectivity index (χ4n) is 3.39. The largest absolute Gasteiger partial charge is 0.490 e. The number of aromatic amines is 1. The molecule has 0 saturated carbocycles. The number of ether oxygens (including phenoxy) is 2. The Morgan fingerprint density at radius 3 is 2.32 bits per heavy atom. The summed E-state index contributed by atoms with van der Waals surface area (Å²) >= 11 is 0. The molecule has 1 unspecified atom stereocenters. The molecule has 6 nitrogen and oxygen atoms in total. The predicted octanol–water partition coefficient (Wildman–Crippen LogP) is 4.38. The molecule has 2 aromatic rings. The third-order valence-electron chi connectivity index (χ3n) is 4.64. The molecule has 0 saturated heterocycles. The molecule has 2 N–H and O–H groups in total. The van der Waals surface area contributed by atoms with Crippen molar-refractivity contribution in [3.05, 3.63) is 46.3 Å². The lowest BCUT2D eigenvalue weighted by atomic mass is 10.0. The third kappa shape index (κ3) is 4.55. The van der Waals surface area contributed by atoms with Crippen molar-refractivity contribution in [2.24, 2.45) is 0 Å². The number of ketones is 1. The molecule has 0 fully saturated rings. The lowest BCUT2D eigenvalue weighted by Gasteiger charge is -2.17. The molecule has 0 radical (unpaired) electrons. The van der Waals surface area contributed by atoms with Crippen LogP contribution in [-0.4, -0.2) is 29.9 Å². The summed E-state index contributed by atoms with van der Waals surface area (Å²) in [6, 6.07) is 5.43. The van der Waals surface area contributed by atoms with Gasteiger partial charge >= 0.3 is 0 Å². The third-order valence-corrected chi connectivity index (χ3v) is 4.64. The number of Topliss-reactive ketones (excluding diaryl/α,β-unsaturated/α-hetero) is 1. The minimum atomic E-state index is -0.239. The van der Waals surface area contributed by atoms with Gasteiger partial charge in [-0.05, 0) is 64.3 Å². The Bertz CT molecular complexity index is 854. The SMILES string of the molecule is CCOc1ccc(C(C)NC(=O)c2[nH]c(C)c(C(C)=O)c2CC)cc1OCC. The molecule has 2 rings (SSSR count). The number of H-pyrrole nitrogens is 1. The number of aryl methyl sites for hydroxylation is 1. The molecule has 1 aromatic heterocycles. The van der Waals surface area contributed by atoms with E-state index in [2.05, 4.69) is 10.3 Å². The van der Waals surface area contributed by atoms with Crippen molar-refractivity contribution >= 4 is 11.7 Å². The first-order valence-electron chi connectivity index (χ1n) is 9.76. The fourth-order valence-corrected chi connectivity index (χ4v) is 3.39. The normalized spacial score (nSPS) is 11.8. The smallest absolute Gasteiger partial charge is 0.268 e. The molecule has 6 heteroatoms. The second kappa shape index (κ2) is 9.44. The van der Waals surface area contributed by atoms with Gasteiger partial charge in [-0.3, -0.25) is 9.59 Å². The number of hydrogen-bond acceptors (Lipinski definition) is 4. The highest BCUT2D eigenvalue weighted by atomic mass is 16.5. The lowest BCUT2D eigenvalue weighted by Crippen LogP contribution is -2.28. The number of carbonyl (C=O) groups excluding carboxylic acids is 2. The highest BCUT2D eigenvalue weighted by Gasteiger charge is 2.23. The van der Waals surface area contributed by atoms with Crippen molar-refractivity contribution in [2.75, 3.05) is 13.2 Å². The lowest BCUT2D eigenvalue weighted by molar-refractivity contribution is 0.0934. The number of nitrogens with one attached hydrogen (secondary N) is 2. The summed E-state index contributed by atoms with van der Waals surface area (Å²) in [7, 11) is 0. The molecule has 1 aromatic carbocycles. The first kappa shape index (κ1) is 21.5. The summed E-state index contributed by atoms with van der Waals surface area (Å²) in [6.45, 7) is 12.1. The number of carbonyl (C=O) groups is 2. The van der Waals surface area contributed by atoms with Gasteiger partial charge in [-0.2, -0.15) is 0 Å². The summed E-state index contributed by atoms with van der Waals surface area (Å²) < 4.78 is 11.3. The van der Waals surface area contributed by atoms with Gasteiger partial charge in [0.1, 0.15) is 5.69 Å². The van der Waals surface area contributed by atoms with Gasteiger partial charge in [0, 0.05) is 11.3 Å². The molecular formula is C22H30N2O4. The van der Waals surface area contributed by atoms with E-state index in [4.69, 9.17) is 9.47 Å². The standard InChI is InChI=1S/C22H30N2O4/c1-7-17-20(15(6)25)14(5)23-21(17)22(26)24-13(4)16-10-11-18(27-8-2)19(12-16)28-9-3/h10-13,23H,7-9H2,1-6H3,(H,24,26). The molecule has 0 spiro atoms. The van der Waals surface area contributed by atoms with E-state index < -0.39 is 0 Å². The number of aromatic nitrogens is 1. The summed E-state index contributed by atoms with van der Waals surface area (Å²) in [5, 5.41) is 3.01.